The van der Waals surface area contributed by atoms with E-state index in [0.29, 0.717) is 4.44 Å². The number of allylic oxidation sites excluding steroid dienone is 1. The van der Waals surface area contributed by atoms with E-state index in [1.165, 1.54) is 6.08 Å². The normalized spacial score (nSPS) is 15.3. The molecule has 0 atom stereocenters. The van der Waals surface area contributed by atoms with Crippen molar-refractivity contribution in [1.82, 2.24) is 0 Å². The first-order valence-electron chi connectivity index (χ1n) is 6.58. The van der Waals surface area contributed by atoms with Gasteiger partial charge >= 0.3 is 148 Å². The monoisotopic (exact) mass is 522 g/mol. The summed E-state index contributed by atoms with van der Waals surface area (Å²) in [4.78, 5) is 0. The van der Waals surface area contributed by atoms with Crippen molar-refractivity contribution in [3.63, 3.8) is 0 Å². The molecule has 0 aliphatic carbocycles. The maximum absolute atomic E-state index is 13.3. The minimum atomic E-state index is -7.81. The Morgan fingerprint density at radius 1 is 0.654 bits per heavy atom. The van der Waals surface area contributed by atoms with Crippen molar-refractivity contribution in [2.24, 2.45) is 0 Å². The van der Waals surface area contributed by atoms with E-state index in [0.717, 1.165) is 0 Å². The van der Waals surface area contributed by atoms with Crippen LogP contribution in [-0.2, 0) is 0 Å². The average Bonchev–Trinajstić information content (AvgIpc) is 2.44. The molecule has 0 aliphatic rings. The van der Waals surface area contributed by atoms with Gasteiger partial charge < -0.3 is 0 Å². The fourth-order valence-electron chi connectivity index (χ4n) is 1.60. The number of hydrogen-bond donors (Lipinski definition) is 0. The molecule has 0 spiro atoms. The van der Waals surface area contributed by atoms with Crippen LogP contribution in [0.25, 0.3) is 0 Å². The van der Waals surface area contributed by atoms with Crippen molar-refractivity contribution in [2.45, 2.75) is 57.5 Å². The molecule has 154 valence electrons. The Kier molecular flexibility index (Phi) is 7.82. The fourth-order valence-corrected chi connectivity index (χ4v) is 3.98. The molecule has 0 saturated heterocycles. The topological polar surface area (TPSA) is 0 Å². The number of halogens is 13. The van der Waals surface area contributed by atoms with Crippen molar-refractivity contribution < 1.29 is 57.1 Å². The summed E-state index contributed by atoms with van der Waals surface area (Å²) in [5, 5.41) is 0. The van der Waals surface area contributed by atoms with Gasteiger partial charge in [0, 0.05) is 0 Å². The van der Waals surface area contributed by atoms with Gasteiger partial charge in [0.2, 0.25) is 0 Å². The second kappa shape index (κ2) is 7.93. The third kappa shape index (κ3) is 4.37. The van der Waals surface area contributed by atoms with Crippen LogP contribution in [-0.4, -0.2) is 56.9 Å². The van der Waals surface area contributed by atoms with Crippen molar-refractivity contribution in [3.8, 4) is 0 Å². The SMILES string of the molecule is C=C[CH2][Sn][CH2]CCC(F)(F)C(F)(F)C(F)(F)C(F)(F)C(F)(F)C(F)(F)F. The van der Waals surface area contributed by atoms with E-state index in [-0.39, 0.29) is 4.44 Å². The van der Waals surface area contributed by atoms with E-state index in [4.69, 9.17) is 0 Å². The molecule has 0 aromatic carbocycles. The summed E-state index contributed by atoms with van der Waals surface area (Å²) in [6, 6.07) is 0. The zero-order chi connectivity index (χ0) is 21.2. The Balaban J connectivity index is 5.67. The summed E-state index contributed by atoms with van der Waals surface area (Å²) >= 11 is -1.37. The van der Waals surface area contributed by atoms with Gasteiger partial charge in [-0.2, -0.15) is 0 Å². The second-order valence-corrected chi connectivity index (χ2v) is 9.12. The van der Waals surface area contributed by atoms with E-state index in [2.05, 4.69) is 6.58 Å². The predicted molar refractivity (Wildman–Crippen MR) is 65.6 cm³/mol. The van der Waals surface area contributed by atoms with E-state index >= 15 is 0 Å². The predicted octanol–water partition coefficient (Wildman–Crippen LogP) is 6.23. The zero-order valence-electron chi connectivity index (χ0n) is 12.5. The standard InChI is InChI=1S/C9H6F13.C3H5.Sn/c1-2-3-4(10,11)5(12,13)6(14,15)7(16,17)8(18,19)9(20,21)22;1-3-2;/h1-3H2;3H,1-2H2;. The summed E-state index contributed by atoms with van der Waals surface area (Å²) in [5.74, 6) is -36.2. The van der Waals surface area contributed by atoms with Crippen LogP contribution in [0.4, 0.5) is 57.1 Å². The minimum absolute atomic E-state index is 0.0816. The maximum atomic E-state index is 13.3. The van der Waals surface area contributed by atoms with E-state index in [1.54, 1.807) is 0 Å². The first kappa shape index (κ1) is 25.6. The Labute approximate surface area is 149 Å². The van der Waals surface area contributed by atoms with E-state index < -0.39 is 69.8 Å². The van der Waals surface area contributed by atoms with Crippen molar-refractivity contribution in [1.29, 1.82) is 0 Å². The number of rotatable bonds is 10. The third-order valence-corrected chi connectivity index (χ3v) is 6.80. The molecule has 2 radical (unpaired) electrons. The molecule has 0 fully saturated rings. The van der Waals surface area contributed by atoms with Gasteiger partial charge in [0.1, 0.15) is 0 Å². The van der Waals surface area contributed by atoms with Crippen LogP contribution >= 0.6 is 0 Å². The molecule has 14 heteroatoms. The Hall–Kier alpha value is -0.371. The molecule has 0 aromatic heterocycles. The van der Waals surface area contributed by atoms with Gasteiger partial charge in [0.05, 0.1) is 0 Å². The second-order valence-electron chi connectivity index (χ2n) is 5.10. The van der Waals surface area contributed by atoms with Crippen molar-refractivity contribution in [2.75, 3.05) is 0 Å². The first-order valence-corrected chi connectivity index (χ1v) is 10.6. The molecule has 0 heterocycles. The van der Waals surface area contributed by atoms with Gasteiger partial charge in [-0.25, -0.2) is 0 Å². The zero-order valence-corrected chi connectivity index (χ0v) is 15.4. The van der Waals surface area contributed by atoms with Crippen LogP contribution < -0.4 is 0 Å². The van der Waals surface area contributed by atoms with Gasteiger partial charge in [0.15, 0.2) is 0 Å². The molecule has 0 saturated carbocycles. The third-order valence-electron chi connectivity index (χ3n) is 3.13. The fraction of sp³-hybridized carbons (Fsp3) is 0.833. The summed E-state index contributed by atoms with van der Waals surface area (Å²) in [5.41, 5.74) is 0. The van der Waals surface area contributed by atoms with E-state index in [1.807, 2.05) is 0 Å². The molecule has 0 rings (SSSR count). The molecule has 0 aromatic rings. The summed E-state index contributed by atoms with van der Waals surface area (Å²) < 4.78 is 167. The molecule has 26 heavy (non-hydrogen) atoms. The Bertz CT molecular complexity index is 480. The quantitative estimate of drug-likeness (QED) is 0.139. The molecule has 0 nitrogen and oxygen atoms in total. The molecular formula is C12H11F13Sn. The number of hydrogen-bond acceptors (Lipinski definition) is 0. The van der Waals surface area contributed by atoms with Crippen molar-refractivity contribution >= 4 is 21.1 Å². The first-order chi connectivity index (χ1) is 11.3. The van der Waals surface area contributed by atoms with E-state index in [9.17, 15) is 57.1 Å². The summed E-state index contributed by atoms with van der Waals surface area (Å²) in [6.45, 7) is 3.28. The van der Waals surface area contributed by atoms with Crippen LogP contribution in [0.3, 0.4) is 0 Å². The van der Waals surface area contributed by atoms with Gasteiger partial charge in [0.25, 0.3) is 0 Å². The van der Waals surface area contributed by atoms with Gasteiger partial charge in [-0.05, 0) is 0 Å². The molecule has 0 aliphatic heterocycles. The molecule has 0 bridgehead atoms. The molecule has 0 N–H and O–H groups in total. The van der Waals surface area contributed by atoms with Crippen LogP contribution in [0.15, 0.2) is 12.7 Å². The molecule has 0 amide bonds. The molecular weight excluding hydrogens is 510 g/mol. The van der Waals surface area contributed by atoms with Crippen LogP contribution in [0.5, 0.6) is 0 Å². The summed E-state index contributed by atoms with van der Waals surface area (Å²) in [6.07, 6.45) is -8.89. The Morgan fingerprint density at radius 2 is 1.08 bits per heavy atom. The van der Waals surface area contributed by atoms with Gasteiger partial charge in [-0.15, -0.1) is 0 Å². The van der Waals surface area contributed by atoms with Crippen molar-refractivity contribution in [3.05, 3.63) is 12.7 Å². The molecule has 0 unspecified atom stereocenters. The van der Waals surface area contributed by atoms with Crippen LogP contribution in [0.1, 0.15) is 12.8 Å². The summed E-state index contributed by atoms with van der Waals surface area (Å²) in [7, 11) is 0. The van der Waals surface area contributed by atoms with Gasteiger partial charge in [-0.3, -0.25) is 0 Å². The number of alkyl halides is 13. The van der Waals surface area contributed by atoms with Gasteiger partial charge in [-0.1, -0.05) is 0 Å². The van der Waals surface area contributed by atoms with Crippen LogP contribution in [0.2, 0.25) is 8.87 Å². The van der Waals surface area contributed by atoms with Crippen LogP contribution in [0, 0.1) is 0 Å². The average molecular weight is 521 g/mol. The Morgan fingerprint density at radius 3 is 1.46 bits per heavy atom.